The van der Waals surface area contributed by atoms with E-state index in [1.807, 2.05) is 51.1 Å². The number of amides is 1. The molecule has 0 aromatic heterocycles. The minimum Gasteiger partial charge on any atom is -0.495 e. The minimum absolute atomic E-state index is 0.0188. The summed E-state index contributed by atoms with van der Waals surface area (Å²) in [5.74, 6) is 0.689. The molecule has 0 radical (unpaired) electrons. The van der Waals surface area contributed by atoms with Crippen molar-refractivity contribution in [2.24, 2.45) is 5.41 Å². The highest BCUT2D eigenvalue weighted by atomic mass is 35.5. The maximum Gasteiger partial charge on any atom is 0.229 e. The van der Waals surface area contributed by atoms with Gasteiger partial charge in [0.2, 0.25) is 5.91 Å². The molecule has 0 atom stereocenters. The summed E-state index contributed by atoms with van der Waals surface area (Å²) in [6, 6.07) is 12.9. The van der Waals surface area contributed by atoms with Crippen molar-refractivity contribution in [3.8, 4) is 5.75 Å². The van der Waals surface area contributed by atoms with Crippen molar-refractivity contribution in [1.82, 2.24) is 0 Å². The topological polar surface area (TPSA) is 50.4 Å². The van der Waals surface area contributed by atoms with Crippen LogP contribution in [-0.4, -0.2) is 13.0 Å². The third kappa shape index (κ3) is 4.63. The Hall–Kier alpha value is -2.20. The molecule has 0 aliphatic rings. The molecule has 122 valence electrons. The molecule has 2 rings (SSSR count). The van der Waals surface area contributed by atoms with Crippen LogP contribution in [0, 0.1) is 5.41 Å². The molecule has 2 aromatic rings. The zero-order chi connectivity index (χ0) is 17.0. The Labute approximate surface area is 141 Å². The van der Waals surface area contributed by atoms with E-state index in [2.05, 4.69) is 10.6 Å². The van der Waals surface area contributed by atoms with Crippen LogP contribution in [0.1, 0.15) is 20.8 Å². The highest BCUT2D eigenvalue weighted by Gasteiger charge is 2.20. The van der Waals surface area contributed by atoms with Gasteiger partial charge in [-0.25, -0.2) is 0 Å². The lowest BCUT2D eigenvalue weighted by atomic mass is 9.95. The number of ether oxygens (including phenoxy) is 1. The Balaban J connectivity index is 2.12. The zero-order valence-corrected chi connectivity index (χ0v) is 14.5. The van der Waals surface area contributed by atoms with E-state index in [1.165, 1.54) is 0 Å². The molecule has 23 heavy (non-hydrogen) atoms. The first-order chi connectivity index (χ1) is 10.8. The van der Waals surface area contributed by atoms with Gasteiger partial charge in [0.1, 0.15) is 5.75 Å². The van der Waals surface area contributed by atoms with Crippen LogP contribution >= 0.6 is 11.6 Å². The highest BCUT2D eigenvalue weighted by molar-refractivity contribution is 6.31. The third-order valence-corrected chi connectivity index (χ3v) is 3.50. The number of halogens is 1. The second-order valence-corrected chi connectivity index (χ2v) is 6.69. The lowest BCUT2D eigenvalue weighted by molar-refractivity contribution is -0.123. The molecule has 0 fully saturated rings. The fraction of sp³-hybridized carbons (Fsp3) is 0.278. The fourth-order valence-corrected chi connectivity index (χ4v) is 2.06. The van der Waals surface area contributed by atoms with E-state index < -0.39 is 5.41 Å². The summed E-state index contributed by atoms with van der Waals surface area (Å²) in [5, 5.41) is 6.77. The van der Waals surface area contributed by atoms with Crippen LogP contribution in [-0.2, 0) is 4.79 Å². The van der Waals surface area contributed by atoms with E-state index in [0.717, 1.165) is 17.1 Å². The van der Waals surface area contributed by atoms with Crippen molar-refractivity contribution in [2.75, 3.05) is 17.7 Å². The summed E-state index contributed by atoms with van der Waals surface area (Å²) in [7, 11) is 1.61. The first-order valence-electron chi connectivity index (χ1n) is 7.31. The van der Waals surface area contributed by atoms with Gasteiger partial charge in [-0.05, 0) is 42.5 Å². The summed E-state index contributed by atoms with van der Waals surface area (Å²) in [6.45, 7) is 5.64. The average molecular weight is 333 g/mol. The molecule has 4 nitrogen and oxygen atoms in total. The molecule has 5 heteroatoms. The van der Waals surface area contributed by atoms with Gasteiger partial charge in [0.25, 0.3) is 0 Å². The van der Waals surface area contributed by atoms with E-state index in [0.29, 0.717) is 10.8 Å². The molecule has 0 heterocycles. The fourth-order valence-electron chi connectivity index (χ4n) is 1.89. The Morgan fingerprint density at radius 3 is 2.22 bits per heavy atom. The lowest BCUT2D eigenvalue weighted by Gasteiger charge is -2.18. The zero-order valence-electron chi connectivity index (χ0n) is 13.7. The van der Waals surface area contributed by atoms with Gasteiger partial charge in [-0.1, -0.05) is 32.4 Å². The van der Waals surface area contributed by atoms with Gasteiger partial charge in [0, 0.05) is 21.8 Å². The van der Waals surface area contributed by atoms with Gasteiger partial charge >= 0.3 is 0 Å². The summed E-state index contributed by atoms with van der Waals surface area (Å²) in [6.07, 6.45) is 0. The second kappa shape index (κ2) is 6.92. The predicted molar refractivity (Wildman–Crippen MR) is 95.8 cm³/mol. The van der Waals surface area contributed by atoms with E-state index in [4.69, 9.17) is 16.3 Å². The molecule has 0 saturated heterocycles. The normalized spacial score (nSPS) is 11.0. The van der Waals surface area contributed by atoms with Crippen molar-refractivity contribution < 1.29 is 9.53 Å². The molecule has 1 amide bonds. The maximum atomic E-state index is 12.0. The molecule has 0 aliphatic carbocycles. The van der Waals surface area contributed by atoms with Crippen LogP contribution in [0.15, 0.2) is 42.5 Å². The molecular formula is C18H21ClN2O2. The van der Waals surface area contributed by atoms with Gasteiger partial charge in [-0.15, -0.1) is 0 Å². The summed E-state index contributed by atoms with van der Waals surface area (Å²) >= 11 is 6.02. The molecule has 2 N–H and O–H groups in total. The van der Waals surface area contributed by atoms with E-state index in [1.54, 1.807) is 19.2 Å². The first-order valence-corrected chi connectivity index (χ1v) is 7.69. The maximum absolute atomic E-state index is 12.0. The van der Waals surface area contributed by atoms with Crippen molar-refractivity contribution in [1.29, 1.82) is 0 Å². The summed E-state index contributed by atoms with van der Waals surface area (Å²) in [5.41, 5.74) is 1.99. The van der Waals surface area contributed by atoms with Gasteiger partial charge in [-0.3, -0.25) is 4.79 Å². The van der Waals surface area contributed by atoms with E-state index in [9.17, 15) is 4.79 Å². The lowest BCUT2D eigenvalue weighted by Crippen LogP contribution is -2.27. The molecule has 0 aliphatic heterocycles. The Morgan fingerprint density at radius 2 is 1.65 bits per heavy atom. The van der Waals surface area contributed by atoms with Crippen LogP contribution < -0.4 is 15.4 Å². The molecule has 2 aromatic carbocycles. The Morgan fingerprint density at radius 1 is 1.04 bits per heavy atom. The molecule has 0 unspecified atom stereocenters. The number of rotatable bonds is 4. The monoisotopic (exact) mass is 332 g/mol. The highest BCUT2D eigenvalue weighted by Crippen LogP contribution is 2.31. The number of methoxy groups -OCH3 is 1. The number of benzene rings is 2. The quantitative estimate of drug-likeness (QED) is 0.821. The van der Waals surface area contributed by atoms with Gasteiger partial charge < -0.3 is 15.4 Å². The number of nitrogens with one attached hydrogen (secondary N) is 2. The van der Waals surface area contributed by atoms with Crippen molar-refractivity contribution in [3.05, 3.63) is 47.5 Å². The molecule has 0 bridgehead atoms. The third-order valence-electron chi connectivity index (χ3n) is 3.26. The predicted octanol–water partition coefficient (Wildman–Crippen LogP) is 5.08. The Bertz CT molecular complexity index is 691. The smallest absolute Gasteiger partial charge is 0.229 e. The van der Waals surface area contributed by atoms with Crippen LogP contribution in [0.2, 0.25) is 5.02 Å². The van der Waals surface area contributed by atoms with Gasteiger partial charge in [0.05, 0.1) is 12.8 Å². The summed E-state index contributed by atoms with van der Waals surface area (Å²) < 4.78 is 5.31. The van der Waals surface area contributed by atoms with E-state index in [-0.39, 0.29) is 5.91 Å². The van der Waals surface area contributed by atoms with Gasteiger partial charge in [0.15, 0.2) is 0 Å². The van der Waals surface area contributed by atoms with Crippen LogP contribution in [0.5, 0.6) is 5.75 Å². The SMILES string of the molecule is COc1ccc(Cl)cc1Nc1ccc(NC(=O)C(C)(C)C)cc1. The first kappa shape index (κ1) is 17.2. The van der Waals surface area contributed by atoms with Crippen molar-refractivity contribution in [3.63, 3.8) is 0 Å². The standard InChI is InChI=1S/C18H21ClN2O2/c1-18(2,3)17(22)21-14-8-6-13(7-9-14)20-15-11-12(19)5-10-16(15)23-4/h5-11,20H,1-4H3,(H,21,22). The van der Waals surface area contributed by atoms with Crippen LogP contribution in [0.25, 0.3) is 0 Å². The number of hydrogen-bond donors (Lipinski definition) is 2. The molecule has 0 saturated carbocycles. The van der Waals surface area contributed by atoms with Crippen molar-refractivity contribution >= 4 is 34.6 Å². The molecule has 0 spiro atoms. The second-order valence-electron chi connectivity index (χ2n) is 6.25. The molecular weight excluding hydrogens is 312 g/mol. The number of carbonyl (C=O) groups is 1. The van der Waals surface area contributed by atoms with Gasteiger partial charge in [-0.2, -0.15) is 0 Å². The number of anilines is 3. The van der Waals surface area contributed by atoms with Crippen LogP contribution in [0.3, 0.4) is 0 Å². The largest absolute Gasteiger partial charge is 0.495 e. The average Bonchev–Trinajstić information content (AvgIpc) is 2.48. The van der Waals surface area contributed by atoms with E-state index >= 15 is 0 Å². The van der Waals surface area contributed by atoms with Crippen LogP contribution in [0.4, 0.5) is 17.1 Å². The minimum atomic E-state index is -0.426. The van der Waals surface area contributed by atoms with Crippen molar-refractivity contribution in [2.45, 2.75) is 20.8 Å². The number of hydrogen-bond acceptors (Lipinski definition) is 3. The number of carbonyl (C=O) groups excluding carboxylic acids is 1. The summed E-state index contributed by atoms with van der Waals surface area (Å²) in [4.78, 5) is 12.0. The Kier molecular flexibility index (Phi) is 5.16.